The standard InChI is InChI=1S/C9H21P.C8H21P.C2H2.2ClH.Ru/c1-7(2)10(8(3)4)9(5)6;1-7(2)9(5,6)8(3)4;1-2;;;/h7-9H,1-6H3;7-9H,1-6H3;1H2;2*1H;/q;;;;;+2/p-1. The zero-order valence-electron chi connectivity index (χ0n) is 18.2. The van der Waals surface area contributed by atoms with Crippen LogP contribution in [-0.4, -0.2) is 45.9 Å². The van der Waals surface area contributed by atoms with E-state index in [0.29, 0.717) is 0 Å². The molecule has 24 heavy (non-hydrogen) atoms. The molecule has 0 fully saturated rings. The topological polar surface area (TPSA) is 0 Å². The van der Waals surface area contributed by atoms with Gasteiger partial charge in [-0.3, -0.25) is 0 Å². The summed E-state index contributed by atoms with van der Waals surface area (Å²) in [4.78, 5) is 0. The van der Waals surface area contributed by atoms with Gasteiger partial charge in [0.05, 0.1) is 17.0 Å². The zero-order valence-corrected chi connectivity index (χ0v) is 23.5. The Balaban J connectivity index is -0.000000291. The fourth-order valence-corrected chi connectivity index (χ4v) is 8.00. The number of hydrogen-bond acceptors (Lipinski definition) is 0. The minimum atomic E-state index is -1.60. The van der Waals surface area contributed by atoms with Crippen LogP contribution in [0.5, 0.6) is 0 Å². The maximum atomic E-state index is 5.20. The molecule has 0 aromatic heterocycles. The Kier molecular flexibility index (Phi) is 20.0. The third-order valence-electron chi connectivity index (χ3n) is 5.07. The van der Waals surface area contributed by atoms with Gasteiger partial charge in [-0.25, -0.2) is 0 Å². The Morgan fingerprint density at radius 3 is 0.958 bits per heavy atom. The van der Waals surface area contributed by atoms with Crippen molar-refractivity contribution in [2.24, 2.45) is 0 Å². The van der Waals surface area contributed by atoms with E-state index in [2.05, 4.69) is 93.4 Å². The second-order valence-corrected chi connectivity index (χ2v) is 24.3. The van der Waals surface area contributed by atoms with Gasteiger partial charge in [0.2, 0.25) is 0 Å². The van der Waals surface area contributed by atoms with Gasteiger partial charge in [0.15, 0.2) is 0 Å². The van der Waals surface area contributed by atoms with Crippen LogP contribution in [0.2, 0.25) is 0 Å². The SMILES string of the molecule is C=[C]=[Ru]([Cl])[Cl].CC(C)[PH+](C(C)C)C(C)C.CC(C)[PH](C)(C)C(C)C. The van der Waals surface area contributed by atoms with E-state index >= 15 is 0 Å². The first-order valence-electron chi connectivity index (χ1n) is 9.01. The van der Waals surface area contributed by atoms with Crippen LogP contribution < -0.4 is 0 Å². The number of halogens is 2. The Labute approximate surface area is 169 Å². The van der Waals surface area contributed by atoms with Crippen molar-refractivity contribution < 1.29 is 13.5 Å². The molecule has 5 heteroatoms. The second-order valence-electron chi connectivity index (χ2n) is 8.40. The molecule has 0 amide bonds. The molecule has 0 saturated carbocycles. The van der Waals surface area contributed by atoms with Crippen molar-refractivity contribution in [2.45, 2.75) is 97.5 Å². The molecule has 0 aliphatic heterocycles. The summed E-state index contributed by atoms with van der Waals surface area (Å²) in [5.74, 6) is 0. The van der Waals surface area contributed by atoms with E-state index in [-0.39, 0.29) is 7.92 Å². The molecule has 0 bridgehead atoms. The van der Waals surface area contributed by atoms with Gasteiger partial charge in [-0.2, -0.15) is 0 Å². The summed E-state index contributed by atoms with van der Waals surface area (Å²) in [5, 5.41) is 0. The van der Waals surface area contributed by atoms with Gasteiger partial charge in [-0.15, -0.1) is 0 Å². The van der Waals surface area contributed by atoms with Crippen LogP contribution in [0.4, 0.5) is 0 Å². The third kappa shape index (κ3) is 15.9. The molecule has 0 saturated heterocycles. The normalized spacial score (nSPS) is 12.9. The van der Waals surface area contributed by atoms with Crippen molar-refractivity contribution in [3.8, 4) is 0 Å². The molecule has 0 unspecified atom stereocenters. The van der Waals surface area contributed by atoms with E-state index in [0.717, 1.165) is 28.3 Å². The molecule has 0 rings (SSSR count). The summed E-state index contributed by atoms with van der Waals surface area (Å²) < 4.78 is 2.45. The van der Waals surface area contributed by atoms with Crippen molar-refractivity contribution in [1.82, 2.24) is 0 Å². The van der Waals surface area contributed by atoms with Gasteiger partial charge in [0, 0.05) is 7.92 Å². The average molecular weight is 507 g/mol. The van der Waals surface area contributed by atoms with Gasteiger partial charge in [0.25, 0.3) is 0 Å². The van der Waals surface area contributed by atoms with Crippen LogP contribution in [0.1, 0.15) is 69.2 Å². The van der Waals surface area contributed by atoms with Crippen molar-refractivity contribution in [2.75, 3.05) is 13.3 Å². The first-order valence-corrected chi connectivity index (χ1v) is 19.2. The number of hydrogen-bond donors (Lipinski definition) is 0. The van der Waals surface area contributed by atoms with Gasteiger partial charge >= 0.3 is 103 Å². The van der Waals surface area contributed by atoms with Crippen LogP contribution in [0.15, 0.2) is 6.58 Å². The van der Waals surface area contributed by atoms with E-state index in [1.807, 2.05) is 0 Å². The molecule has 0 aliphatic rings. The van der Waals surface area contributed by atoms with E-state index in [4.69, 9.17) is 19.4 Å². The monoisotopic (exact) mass is 507 g/mol. The fraction of sp³-hybridized carbons (Fsp3) is 0.895. The predicted octanol–water partition coefficient (Wildman–Crippen LogP) is 7.74. The summed E-state index contributed by atoms with van der Waals surface area (Å²) in [6.45, 7) is 31.8. The quantitative estimate of drug-likeness (QED) is 0.264. The van der Waals surface area contributed by atoms with Crippen molar-refractivity contribution in [3.05, 3.63) is 6.58 Å². The molecular formula is C19H45Cl2P2Ru+. The first-order chi connectivity index (χ1) is 10.6. The van der Waals surface area contributed by atoms with Crippen LogP contribution >= 0.6 is 34.6 Å². The Bertz CT molecular complexity index is 325. The van der Waals surface area contributed by atoms with Crippen LogP contribution in [0, 0.1) is 0 Å². The fourth-order valence-electron chi connectivity index (χ4n) is 2.67. The molecule has 0 radical (unpaired) electrons. The first kappa shape index (κ1) is 30.4. The second kappa shape index (κ2) is 15.7. The Hall–Kier alpha value is 1.71. The molecule has 0 atom stereocenters. The van der Waals surface area contributed by atoms with Gasteiger partial charge in [-0.05, 0) is 41.5 Å². The molecule has 152 valence electrons. The Morgan fingerprint density at radius 1 is 0.750 bits per heavy atom. The predicted molar refractivity (Wildman–Crippen MR) is 126 cm³/mol. The van der Waals surface area contributed by atoms with E-state index < -0.39 is 20.8 Å². The number of rotatable bonds is 5. The van der Waals surface area contributed by atoms with E-state index in [1.165, 1.54) is 0 Å². The summed E-state index contributed by atoms with van der Waals surface area (Å²) >= 11 is -1.60. The van der Waals surface area contributed by atoms with Gasteiger partial charge in [0.1, 0.15) is 0 Å². The Morgan fingerprint density at radius 2 is 0.958 bits per heavy atom. The molecular weight excluding hydrogens is 462 g/mol. The summed E-state index contributed by atoms with van der Waals surface area (Å²) in [5.41, 5.74) is 4.66. The van der Waals surface area contributed by atoms with Gasteiger partial charge < -0.3 is 0 Å². The van der Waals surface area contributed by atoms with Crippen LogP contribution in [0.25, 0.3) is 0 Å². The van der Waals surface area contributed by atoms with Crippen molar-refractivity contribution >= 4 is 38.8 Å². The summed E-state index contributed by atoms with van der Waals surface area (Å²) in [6.07, 6.45) is 0. The van der Waals surface area contributed by atoms with Gasteiger partial charge in [-0.1, -0.05) is 0 Å². The van der Waals surface area contributed by atoms with Crippen molar-refractivity contribution in [3.63, 3.8) is 0 Å². The summed E-state index contributed by atoms with van der Waals surface area (Å²) in [7, 11) is 9.44. The molecule has 0 heterocycles. The molecule has 0 aliphatic carbocycles. The average Bonchev–Trinajstić information content (AvgIpc) is 2.37. The third-order valence-corrected chi connectivity index (χ3v) is 16.6. The molecule has 0 spiro atoms. The molecule has 0 nitrogen and oxygen atoms in total. The molecule has 0 aromatic rings. The van der Waals surface area contributed by atoms with E-state index in [1.54, 1.807) is 0 Å². The van der Waals surface area contributed by atoms with Crippen molar-refractivity contribution in [1.29, 1.82) is 0 Å². The zero-order chi connectivity index (χ0) is 20.2. The van der Waals surface area contributed by atoms with Crippen LogP contribution in [-0.2, 0) is 13.5 Å². The minimum absolute atomic E-state index is 0.0957. The summed E-state index contributed by atoms with van der Waals surface area (Å²) in [6, 6.07) is 0. The molecule has 0 aromatic carbocycles. The van der Waals surface area contributed by atoms with Crippen LogP contribution in [0.3, 0.4) is 0 Å². The molecule has 0 N–H and O–H groups in total. The van der Waals surface area contributed by atoms with E-state index in [9.17, 15) is 0 Å². The maximum absolute atomic E-state index is 5.20.